The summed E-state index contributed by atoms with van der Waals surface area (Å²) in [5, 5.41) is 8.30. The lowest BCUT2D eigenvalue weighted by Crippen LogP contribution is -2.06. The summed E-state index contributed by atoms with van der Waals surface area (Å²) in [5.41, 5.74) is -0.208. The highest BCUT2D eigenvalue weighted by molar-refractivity contribution is 7.99. The average molecular weight is 216 g/mol. The van der Waals surface area contributed by atoms with Crippen LogP contribution in [0.3, 0.4) is 0 Å². The largest absolute Gasteiger partial charge is 0.301 e. The molecule has 0 saturated carbocycles. The van der Waals surface area contributed by atoms with Gasteiger partial charge in [0.15, 0.2) is 5.16 Å². The molecule has 1 N–H and O–H groups in total. The maximum absolute atomic E-state index is 10.8. The van der Waals surface area contributed by atoms with Crippen molar-refractivity contribution in [3.63, 3.8) is 0 Å². The number of H-pyrrole nitrogens is 1. The van der Waals surface area contributed by atoms with Gasteiger partial charge >= 0.3 is 0 Å². The van der Waals surface area contributed by atoms with Gasteiger partial charge in [-0.15, -0.1) is 11.6 Å². The first-order valence-electron chi connectivity index (χ1n) is 3.44. The molecule has 1 heterocycles. The van der Waals surface area contributed by atoms with Crippen LogP contribution >= 0.6 is 23.4 Å². The van der Waals surface area contributed by atoms with Crippen LogP contribution in [0.2, 0.25) is 0 Å². The Hall–Kier alpha value is -0.990. The summed E-state index contributed by atoms with van der Waals surface area (Å²) in [5.74, 6) is 0.408. The van der Waals surface area contributed by atoms with Gasteiger partial charge in [-0.05, 0) is 0 Å². The lowest BCUT2D eigenvalue weighted by molar-refractivity contribution is 0.936. The van der Waals surface area contributed by atoms with Crippen molar-refractivity contribution in [2.75, 3.05) is 5.75 Å². The SMILES string of the molecule is N#CC(Cl)CSc1nccc(=O)[nH]1. The molecule has 6 heteroatoms. The number of aromatic amines is 1. The van der Waals surface area contributed by atoms with Gasteiger partial charge in [0, 0.05) is 18.0 Å². The number of nitrogens with zero attached hydrogens (tertiary/aromatic N) is 2. The smallest absolute Gasteiger partial charge is 0.251 e. The van der Waals surface area contributed by atoms with Crippen LogP contribution in [-0.2, 0) is 0 Å². The number of alkyl halides is 1. The molecule has 0 aliphatic carbocycles. The van der Waals surface area contributed by atoms with Gasteiger partial charge in [-0.25, -0.2) is 4.98 Å². The van der Waals surface area contributed by atoms with E-state index in [1.165, 1.54) is 24.0 Å². The van der Waals surface area contributed by atoms with Crippen molar-refractivity contribution < 1.29 is 0 Å². The Morgan fingerprint density at radius 3 is 3.23 bits per heavy atom. The van der Waals surface area contributed by atoms with E-state index in [-0.39, 0.29) is 5.56 Å². The minimum atomic E-state index is -0.560. The Bertz CT molecular complexity index is 372. The normalized spacial score (nSPS) is 12.0. The Labute approximate surface area is 83.9 Å². The molecule has 0 fully saturated rings. The number of rotatable bonds is 3. The molecular weight excluding hydrogens is 210 g/mol. The molecule has 68 valence electrons. The second-order valence-corrected chi connectivity index (χ2v) is 3.68. The van der Waals surface area contributed by atoms with Crippen molar-refractivity contribution in [2.45, 2.75) is 10.5 Å². The van der Waals surface area contributed by atoms with Gasteiger partial charge < -0.3 is 4.98 Å². The highest BCUT2D eigenvalue weighted by Crippen LogP contribution is 2.13. The number of hydrogen-bond donors (Lipinski definition) is 1. The van der Waals surface area contributed by atoms with Crippen LogP contribution in [0.5, 0.6) is 0 Å². The maximum Gasteiger partial charge on any atom is 0.251 e. The van der Waals surface area contributed by atoms with E-state index < -0.39 is 5.38 Å². The van der Waals surface area contributed by atoms with E-state index in [1.807, 2.05) is 6.07 Å². The molecular formula is C7H6ClN3OS. The highest BCUT2D eigenvalue weighted by atomic mass is 35.5. The molecule has 1 atom stereocenters. The zero-order valence-electron chi connectivity index (χ0n) is 6.53. The van der Waals surface area contributed by atoms with Gasteiger partial charge in [-0.3, -0.25) is 4.79 Å². The van der Waals surface area contributed by atoms with Crippen LogP contribution in [0.25, 0.3) is 0 Å². The van der Waals surface area contributed by atoms with Gasteiger partial charge in [0.1, 0.15) is 5.38 Å². The van der Waals surface area contributed by atoms with Crippen LogP contribution in [-0.4, -0.2) is 21.1 Å². The monoisotopic (exact) mass is 215 g/mol. The van der Waals surface area contributed by atoms with Crippen molar-refractivity contribution in [3.8, 4) is 6.07 Å². The van der Waals surface area contributed by atoms with Crippen LogP contribution in [0, 0.1) is 11.3 Å². The number of aromatic nitrogens is 2. The molecule has 1 aromatic heterocycles. The second kappa shape index (κ2) is 4.90. The molecule has 0 aliphatic heterocycles. The first kappa shape index (κ1) is 10.1. The Balaban J connectivity index is 2.56. The molecule has 13 heavy (non-hydrogen) atoms. The minimum Gasteiger partial charge on any atom is -0.301 e. The van der Waals surface area contributed by atoms with E-state index in [1.54, 1.807) is 0 Å². The zero-order valence-corrected chi connectivity index (χ0v) is 8.10. The summed E-state index contributed by atoms with van der Waals surface area (Å²) in [6, 6.07) is 3.20. The van der Waals surface area contributed by atoms with E-state index in [0.29, 0.717) is 10.9 Å². The molecule has 1 unspecified atom stereocenters. The number of halogens is 1. The second-order valence-electron chi connectivity index (χ2n) is 2.15. The van der Waals surface area contributed by atoms with E-state index in [4.69, 9.17) is 16.9 Å². The highest BCUT2D eigenvalue weighted by Gasteiger charge is 2.03. The molecule has 0 bridgehead atoms. The number of nitriles is 1. The third-order valence-corrected chi connectivity index (χ3v) is 2.57. The quantitative estimate of drug-likeness (QED) is 0.464. The van der Waals surface area contributed by atoms with Crippen LogP contribution < -0.4 is 5.56 Å². The fraction of sp³-hybridized carbons (Fsp3) is 0.286. The van der Waals surface area contributed by atoms with E-state index >= 15 is 0 Å². The van der Waals surface area contributed by atoms with Crippen molar-refractivity contribution in [2.24, 2.45) is 0 Å². The Morgan fingerprint density at radius 2 is 2.62 bits per heavy atom. The fourth-order valence-electron chi connectivity index (χ4n) is 0.615. The van der Waals surface area contributed by atoms with E-state index in [2.05, 4.69) is 9.97 Å². The number of hydrogen-bond acceptors (Lipinski definition) is 4. The van der Waals surface area contributed by atoms with Gasteiger partial charge in [0.25, 0.3) is 5.56 Å². The molecule has 0 saturated heterocycles. The topological polar surface area (TPSA) is 69.5 Å². The third kappa shape index (κ3) is 3.49. The molecule has 0 aliphatic rings. The summed E-state index contributed by atoms with van der Waals surface area (Å²) >= 11 is 6.80. The Kier molecular flexibility index (Phi) is 3.80. The third-order valence-electron chi connectivity index (χ3n) is 1.15. The molecule has 1 rings (SSSR count). The van der Waals surface area contributed by atoms with Gasteiger partial charge in [0.2, 0.25) is 0 Å². The molecule has 1 aromatic rings. The summed E-state index contributed by atoms with van der Waals surface area (Å²) in [4.78, 5) is 17.2. The molecule has 0 radical (unpaired) electrons. The predicted octanol–water partition coefficient (Wildman–Crippen LogP) is 0.993. The maximum atomic E-state index is 10.8. The minimum absolute atomic E-state index is 0.208. The van der Waals surface area contributed by atoms with Gasteiger partial charge in [0.05, 0.1) is 6.07 Å². The average Bonchev–Trinajstić information content (AvgIpc) is 2.14. The van der Waals surface area contributed by atoms with E-state index in [0.717, 1.165) is 0 Å². The van der Waals surface area contributed by atoms with Crippen molar-refractivity contribution in [3.05, 3.63) is 22.6 Å². The van der Waals surface area contributed by atoms with E-state index in [9.17, 15) is 4.79 Å². The van der Waals surface area contributed by atoms with Crippen molar-refractivity contribution in [1.82, 2.24) is 9.97 Å². The van der Waals surface area contributed by atoms with Crippen LogP contribution in [0.1, 0.15) is 0 Å². The van der Waals surface area contributed by atoms with Gasteiger partial charge in [-0.1, -0.05) is 11.8 Å². The van der Waals surface area contributed by atoms with Crippen molar-refractivity contribution in [1.29, 1.82) is 5.26 Å². The van der Waals surface area contributed by atoms with Crippen molar-refractivity contribution >= 4 is 23.4 Å². The molecule has 0 amide bonds. The standard InChI is InChI=1S/C7H6ClN3OS/c8-5(3-9)4-13-7-10-2-1-6(12)11-7/h1-2,5H,4H2,(H,10,11,12). The van der Waals surface area contributed by atoms with Gasteiger partial charge in [-0.2, -0.15) is 5.26 Å². The summed E-state index contributed by atoms with van der Waals surface area (Å²) < 4.78 is 0. The molecule has 0 aromatic carbocycles. The first-order valence-corrected chi connectivity index (χ1v) is 4.86. The first-order chi connectivity index (χ1) is 6.22. The summed E-state index contributed by atoms with van der Waals surface area (Å²) in [7, 11) is 0. The number of thioether (sulfide) groups is 1. The van der Waals surface area contributed by atoms with Crippen LogP contribution in [0.15, 0.2) is 22.2 Å². The van der Waals surface area contributed by atoms with Crippen LogP contribution in [0.4, 0.5) is 0 Å². The molecule has 0 spiro atoms. The summed E-state index contributed by atoms with van der Waals surface area (Å²) in [6.07, 6.45) is 1.41. The Morgan fingerprint density at radius 1 is 1.85 bits per heavy atom. The lowest BCUT2D eigenvalue weighted by atomic mass is 10.5. The molecule has 4 nitrogen and oxygen atoms in total. The predicted molar refractivity (Wildman–Crippen MR) is 50.8 cm³/mol. The fourth-order valence-corrected chi connectivity index (χ4v) is 1.49. The number of nitrogens with one attached hydrogen (secondary N) is 1. The lowest BCUT2D eigenvalue weighted by Gasteiger charge is -1.98. The summed E-state index contributed by atoms with van der Waals surface area (Å²) in [6.45, 7) is 0. The zero-order chi connectivity index (χ0) is 9.68.